The average Bonchev–Trinajstić information content (AvgIpc) is 3.92. The van der Waals surface area contributed by atoms with Crippen molar-refractivity contribution in [2.75, 3.05) is 25.0 Å². The molecule has 4 heterocycles. The maximum atomic E-state index is 13.6. The summed E-state index contributed by atoms with van der Waals surface area (Å²) < 4.78 is 15.8. The van der Waals surface area contributed by atoms with E-state index in [0.717, 1.165) is 75.5 Å². The van der Waals surface area contributed by atoms with Crippen molar-refractivity contribution < 1.29 is 23.9 Å². The van der Waals surface area contributed by atoms with Crippen molar-refractivity contribution in [2.45, 2.75) is 108 Å². The summed E-state index contributed by atoms with van der Waals surface area (Å²) in [5.41, 5.74) is 2.55. The zero-order valence-electron chi connectivity index (χ0n) is 31.2. The third kappa shape index (κ3) is 8.08. The Bertz CT molecular complexity index is 2080. The molecular formula is C42H50N6O6. The van der Waals surface area contributed by atoms with Gasteiger partial charge in [0.05, 0.1) is 23.2 Å². The first-order valence-electron chi connectivity index (χ1n) is 19.7. The van der Waals surface area contributed by atoms with E-state index >= 15 is 0 Å². The molecule has 2 saturated carbocycles. The van der Waals surface area contributed by atoms with Crippen molar-refractivity contribution >= 4 is 34.3 Å². The molecule has 2 unspecified atom stereocenters. The number of likely N-dealkylation sites (tertiary alicyclic amines) is 1. The van der Waals surface area contributed by atoms with E-state index in [9.17, 15) is 19.2 Å². The van der Waals surface area contributed by atoms with Crippen molar-refractivity contribution in [3.05, 3.63) is 82.4 Å². The number of amides is 3. The molecule has 0 bridgehead atoms. The van der Waals surface area contributed by atoms with Crippen molar-refractivity contribution in [1.29, 1.82) is 0 Å². The van der Waals surface area contributed by atoms with Crippen LogP contribution in [0.1, 0.15) is 112 Å². The molecule has 4 fully saturated rings. The summed E-state index contributed by atoms with van der Waals surface area (Å²) in [5.74, 6) is 1.23. The number of benzene rings is 2. The van der Waals surface area contributed by atoms with Crippen molar-refractivity contribution in [3.8, 4) is 11.5 Å². The van der Waals surface area contributed by atoms with Gasteiger partial charge in [-0.05, 0) is 119 Å². The lowest BCUT2D eigenvalue weighted by Gasteiger charge is -2.37. The molecule has 3 amide bonds. The number of pyridine rings is 1. The Balaban J connectivity index is 0.873. The molecular weight excluding hydrogens is 684 g/mol. The molecule has 54 heavy (non-hydrogen) atoms. The Labute approximate surface area is 315 Å². The van der Waals surface area contributed by atoms with Gasteiger partial charge in [0, 0.05) is 55.8 Å². The lowest BCUT2D eigenvalue weighted by Crippen LogP contribution is -2.46. The molecule has 2 aliphatic heterocycles. The highest BCUT2D eigenvalue weighted by Crippen LogP contribution is 2.37. The predicted molar refractivity (Wildman–Crippen MR) is 205 cm³/mol. The average molecular weight is 735 g/mol. The molecule has 8 rings (SSSR count). The summed E-state index contributed by atoms with van der Waals surface area (Å²) in [6.45, 7) is 7.12. The van der Waals surface area contributed by atoms with Gasteiger partial charge in [-0.1, -0.05) is 12.1 Å². The third-order valence-electron chi connectivity index (χ3n) is 11.4. The van der Waals surface area contributed by atoms with Gasteiger partial charge >= 0.3 is 0 Å². The van der Waals surface area contributed by atoms with Crippen molar-refractivity contribution in [3.63, 3.8) is 0 Å². The summed E-state index contributed by atoms with van der Waals surface area (Å²) in [5, 5.41) is 11.1. The summed E-state index contributed by atoms with van der Waals surface area (Å²) in [4.78, 5) is 52.9. The minimum absolute atomic E-state index is 0.141. The highest BCUT2D eigenvalue weighted by Gasteiger charge is 2.30. The van der Waals surface area contributed by atoms with Crippen LogP contribution in [-0.2, 0) is 9.59 Å². The van der Waals surface area contributed by atoms with E-state index < -0.39 is 6.10 Å². The highest BCUT2D eigenvalue weighted by atomic mass is 16.5. The zero-order chi connectivity index (χ0) is 37.3. The molecule has 2 saturated heterocycles. The Morgan fingerprint density at radius 3 is 2.48 bits per heavy atom. The number of hydrogen-bond donors (Lipinski definition) is 2. The maximum absolute atomic E-state index is 13.6. The Hall–Kier alpha value is -4.97. The standard InChI is InChI=1S/C42H50N6O6/c1-26(2)53-38-22-36-30(21-34(38)40(50)43-35-6-4-20-47(42(35)52)31-13-14-31)25-48(45-36)32-11-7-27(8-12-32)23-46-19-3-5-29(24-46)28-9-15-33(16-10-28)54-37-17-18-39(49)44-41(37)51/h4,6,9-10,15-16,20-22,25-27,29,31-32,37H,3,5,7-8,11-14,17-19,23-24H2,1-2H3,(H,43,50)(H,44,49,51). The lowest BCUT2D eigenvalue weighted by molar-refractivity contribution is -0.138. The van der Waals surface area contributed by atoms with E-state index in [2.05, 4.69) is 38.5 Å². The first kappa shape index (κ1) is 36.0. The number of fused-ring (bicyclic) bond motifs is 1. The van der Waals surface area contributed by atoms with Gasteiger partial charge in [0.25, 0.3) is 17.4 Å². The fourth-order valence-corrected chi connectivity index (χ4v) is 8.44. The van der Waals surface area contributed by atoms with E-state index in [1.54, 1.807) is 22.9 Å². The first-order chi connectivity index (χ1) is 26.2. The minimum atomic E-state index is -0.626. The number of ether oxygens (including phenoxy) is 2. The predicted octanol–water partition coefficient (Wildman–Crippen LogP) is 6.37. The van der Waals surface area contributed by atoms with Crippen LogP contribution in [0.5, 0.6) is 11.5 Å². The van der Waals surface area contributed by atoms with Crippen LogP contribution in [0, 0.1) is 5.92 Å². The quantitative estimate of drug-likeness (QED) is 0.170. The van der Waals surface area contributed by atoms with E-state index in [1.807, 2.05) is 38.1 Å². The number of hydrogen-bond acceptors (Lipinski definition) is 8. The number of imide groups is 1. The van der Waals surface area contributed by atoms with Gasteiger partial charge in [-0.3, -0.25) is 29.2 Å². The van der Waals surface area contributed by atoms with Crippen LogP contribution in [0.2, 0.25) is 0 Å². The third-order valence-corrected chi connectivity index (χ3v) is 11.4. The summed E-state index contributed by atoms with van der Waals surface area (Å²) >= 11 is 0. The van der Waals surface area contributed by atoms with Gasteiger partial charge in [0.1, 0.15) is 17.2 Å². The molecule has 4 aromatic rings. The van der Waals surface area contributed by atoms with Crippen LogP contribution >= 0.6 is 0 Å². The molecule has 2 aliphatic carbocycles. The molecule has 0 radical (unpaired) electrons. The molecule has 2 aromatic heterocycles. The number of aromatic nitrogens is 3. The second-order valence-corrected chi connectivity index (χ2v) is 15.9. The van der Waals surface area contributed by atoms with Crippen LogP contribution in [-0.4, -0.2) is 68.8 Å². The van der Waals surface area contributed by atoms with Gasteiger partial charge in [-0.2, -0.15) is 5.10 Å². The Morgan fingerprint density at radius 2 is 1.74 bits per heavy atom. The highest BCUT2D eigenvalue weighted by molar-refractivity contribution is 6.08. The molecule has 2 atom stereocenters. The van der Waals surface area contributed by atoms with Crippen LogP contribution in [0.25, 0.3) is 10.9 Å². The number of nitrogens with one attached hydrogen (secondary N) is 2. The van der Waals surface area contributed by atoms with E-state index in [4.69, 9.17) is 14.6 Å². The van der Waals surface area contributed by atoms with Crippen molar-refractivity contribution in [2.24, 2.45) is 5.92 Å². The van der Waals surface area contributed by atoms with Gasteiger partial charge < -0.3 is 24.3 Å². The number of piperidine rings is 2. The van der Waals surface area contributed by atoms with Crippen LogP contribution in [0.3, 0.4) is 0 Å². The van der Waals surface area contributed by atoms with E-state index in [0.29, 0.717) is 47.8 Å². The number of carbonyl (C=O) groups is 3. The molecule has 2 N–H and O–H groups in total. The zero-order valence-corrected chi connectivity index (χ0v) is 31.2. The summed E-state index contributed by atoms with van der Waals surface area (Å²) in [7, 11) is 0. The minimum Gasteiger partial charge on any atom is -0.490 e. The fraction of sp³-hybridized carbons (Fsp3) is 0.500. The van der Waals surface area contributed by atoms with Gasteiger partial charge in [0.15, 0.2) is 6.10 Å². The van der Waals surface area contributed by atoms with Crippen LogP contribution in [0.4, 0.5) is 5.69 Å². The van der Waals surface area contributed by atoms with E-state index in [-0.39, 0.29) is 41.1 Å². The van der Waals surface area contributed by atoms with Crippen LogP contribution in [0.15, 0.2) is 65.7 Å². The number of anilines is 1. The van der Waals surface area contributed by atoms with Crippen LogP contribution < -0.4 is 25.7 Å². The summed E-state index contributed by atoms with van der Waals surface area (Å²) in [6, 6.07) is 15.8. The monoisotopic (exact) mass is 734 g/mol. The number of rotatable bonds is 11. The topological polar surface area (TPSA) is 137 Å². The molecule has 0 spiro atoms. The maximum Gasteiger partial charge on any atom is 0.274 e. The molecule has 284 valence electrons. The van der Waals surface area contributed by atoms with Gasteiger partial charge in [-0.15, -0.1) is 0 Å². The number of nitrogens with zero attached hydrogens (tertiary/aromatic N) is 4. The SMILES string of the molecule is CC(C)Oc1cc2nn(C3CCC(CN4CCCC(c5ccc(OC6CCC(=O)NC6=O)cc5)C4)CC3)cc2cc1C(=O)Nc1cccn(C2CC2)c1=O. The second kappa shape index (κ2) is 15.4. The largest absolute Gasteiger partial charge is 0.490 e. The molecule has 4 aliphatic rings. The van der Waals surface area contributed by atoms with Crippen molar-refractivity contribution in [1.82, 2.24) is 24.6 Å². The van der Waals surface area contributed by atoms with Gasteiger partial charge in [-0.25, -0.2) is 0 Å². The summed E-state index contributed by atoms with van der Waals surface area (Å²) in [6.07, 6.45) is 12.4. The Kier molecular flexibility index (Phi) is 10.3. The lowest BCUT2D eigenvalue weighted by atomic mass is 9.84. The van der Waals surface area contributed by atoms with Gasteiger partial charge in [0.2, 0.25) is 5.91 Å². The first-order valence-corrected chi connectivity index (χ1v) is 19.7. The molecule has 12 heteroatoms. The van der Waals surface area contributed by atoms with E-state index in [1.165, 1.54) is 12.0 Å². The second-order valence-electron chi connectivity index (χ2n) is 15.9. The molecule has 2 aromatic carbocycles. The Morgan fingerprint density at radius 1 is 0.963 bits per heavy atom. The number of carbonyl (C=O) groups excluding carboxylic acids is 3. The molecule has 12 nitrogen and oxygen atoms in total. The fourth-order valence-electron chi connectivity index (χ4n) is 8.44. The normalized spacial score (nSPS) is 23.7. The smallest absolute Gasteiger partial charge is 0.274 e.